The molecule has 0 radical (unpaired) electrons. The number of nitrogens with zero attached hydrogens (tertiary/aromatic N) is 1. The Morgan fingerprint density at radius 3 is 2.83 bits per heavy atom. The molecule has 2 heterocycles. The Bertz CT molecular complexity index is 545. The molecule has 94 valence electrons. The summed E-state index contributed by atoms with van der Waals surface area (Å²) in [5, 5.41) is 0. The Kier molecular flexibility index (Phi) is 2.27. The number of anilines is 1. The lowest BCUT2D eigenvalue weighted by Gasteiger charge is -2.48. The zero-order valence-corrected chi connectivity index (χ0v) is 10.9. The molecule has 3 heteroatoms. The minimum Gasteiger partial charge on any atom is -0.483 e. The van der Waals surface area contributed by atoms with Gasteiger partial charge in [-0.05, 0) is 39.3 Å². The third kappa shape index (κ3) is 1.47. The van der Waals surface area contributed by atoms with E-state index in [1.54, 1.807) is 0 Å². The van der Waals surface area contributed by atoms with Crippen molar-refractivity contribution in [2.75, 3.05) is 4.90 Å². The molecule has 0 saturated heterocycles. The van der Waals surface area contributed by atoms with Gasteiger partial charge in [0.2, 0.25) is 0 Å². The number of ether oxygens (including phenoxy) is 1. The number of hydrogen-bond acceptors (Lipinski definition) is 2. The van der Waals surface area contributed by atoms with Gasteiger partial charge in [-0.1, -0.05) is 18.2 Å². The second kappa shape index (κ2) is 3.61. The zero-order chi connectivity index (χ0) is 12.9. The Hall–Kier alpha value is -1.77. The maximum Gasteiger partial charge on any atom is 0.254 e. The van der Waals surface area contributed by atoms with Crippen LogP contribution < -0.4 is 9.64 Å². The van der Waals surface area contributed by atoms with Gasteiger partial charge in [-0.2, -0.15) is 0 Å². The molecule has 1 amide bonds. The van der Waals surface area contributed by atoms with E-state index in [-0.39, 0.29) is 17.6 Å². The number of amides is 1. The molecule has 1 aromatic rings. The Morgan fingerprint density at radius 2 is 2.06 bits per heavy atom. The maximum atomic E-state index is 12.4. The fourth-order valence-corrected chi connectivity index (χ4v) is 2.78. The molecule has 2 aliphatic heterocycles. The first-order valence-electron chi connectivity index (χ1n) is 6.29. The second-order valence-corrected chi connectivity index (χ2v) is 5.49. The fourth-order valence-electron chi connectivity index (χ4n) is 2.78. The molecule has 3 rings (SSSR count). The van der Waals surface area contributed by atoms with Crippen LogP contribution in [-0.4, -0.2) is 17.6 Å². The van der Waals surface area contributed by atoms with E-state index < -0.39 is 0 Å². The predicted molar refractivity (Wildman–Crippen MR) is 70.8 cm³/mol. The SMILES string of the molecule is CC1=CCC2N(C1=O)c1ccccc1OC2(C)C. The van der Waals surface area contributed by atoms with Crippen LogP contribution in [0.2, 0.25) is 0 Å². The molecule has 1 atom stereocenters. The van der Waals surface area contributed by atoms with Gasteiger partial charge in [0.05, 0.1) is 11.7 Å². The predicted octanol–water partition coefficient (Wildman–Crippen LogP) is 2.91. The minimum absolute atomic E-state index is 0.0728. The first-order valence-corrected chi connectivity index (χ1v) is 6.29. The highest BCUT2D eigenvalue weighted by atomic mass is 16.5. The van der Waals surface area contributed by atoms with Gasteiger partial charge in [-0.25, -0.2) is 0 Å². The molecule has 2 aliphatic rings. The molecule has 0 N–H and O–H groups in total. The van der Waals surface area contributed by atoms with Gasteiger partial charge in [-0.3, -0.25) is 9.69 Å². The van der Waals surface area contributed by atoms with Crippen LogP contribution in [-0.2, 0) is 4.79 Å². The molecule has 0 saturated carbocycles. The van der Waals surface area contributed by atoms with Crippen molar-refractivity contribution in [3.8, 4) is 5.75 Å². The third-order valence-electron chi connectivity index (χ3n) is 3.82. The van der Waals surface area contributed by atoms with Crippen molar-refractivity contribution in [3.63, 3.8) is 0 Å². The lowest BCUT2D eigenvalue weighted by atomic mass is 9.87. The van der Waals surface area contributed by atoms with Gasteiger partial charge >= 0.3 is 0 Å². The van der Waals surface area contributed by atoms with Gasteiger partial charge in [0.15, 0.2) is 0 Å². The highest BCUT2D eigenvalue weighted by molar-refractivity contribution is 6.07. The van der Waals surface area contributed by atoms with Gasteiger partial charge in [-0.15, -0.1) is 0 Å². The van der Waals surface area contributed by atoms with E-state index in [1.807, 2.05) is 56.0 Å². The number of fused-ring (bicyclic) bond motifs is 3. The molecule has 18 heavy (non-hydrogen) atoms. The number of rotatable bonds is 0. The number of carbonyl (C=O) groups excluding carboxylic acids is 1. The van der Waals surface area contributed by atoms with E-state index in [0.29, 0.717) is 0 Å². The first-order chi connectivity index (χ1) is 8.50. The van der Waals surface area contributed by atoms with E-state index in [0.717, 1.165) is 23.4 Å². The molecule has 0 fully saturated rings. The Morgan fingerprint density at radius 1 is 1.33 bits per heavy atom. The summed E-state index contributed by atoms with van der Waals surface area (Å²) >= 11 is 0. The standard InChI is InChI=1S/C15H17NO2/c1-10-8-9-13-15(2,3)18-12-7-5-4-6-11(12)16(13)14(10)17/h4-8,13H,9H2,1-3H3. The monoisotopic (exact) mass is 243 g/mol. The summed E-state index contributed by atoms with van der Waals surface area (Å²) < 4.78 is 6.05. The summed E-state index contributed by atoms with van der Waals surface area (Å²) in [6.07, 6.45) is 2.86. The van der Waals surface area contributed by atoms with E-state index >= 15 is 0 Å². The lowest BCUT2D eigenvalue weighted by molar-refractivity contribution is -0.117. The van der Waals surface area contributed by atoms with Crippen LogP contribution in [0.4, 0.5) is 5.69 Å². The minimum atomic E-state index is -0.360. The Labute approximate surface area is 107 Å². The van der Waals surface area contributed by atoms with E-state index in [4.69, 9.17) is 4.74 Å². The van der Waals surface area contributed by atoms with Gasteiger partial charge in [0.1, 0.15) is 11.4 Å². The van der Waals surface area contributed by atoms with Crippen molar-refractivity contribution in [3.05, 3.63) is 35.9 Å². The quantitative estimate of drug-likeness (QED) is 0.701. The van der Waals surface area contributed by atoms with E-state index in [2.05, 4.69) is 0 Å². The van der Waals surface area contributed by atoms with Gasteiger partial charge in [0, 0.05) is 5.57 Å². The van der Waals surface area contributed by atoms with Gasteiger partial charge in [0.25, 0.3) is 5.91 Å². The summed E-state index contributed by atoms with van der Waals surface area (Å²) in [7, 11) is 0. The van der Waals surface area contributed by atoms with E-state index in [1.165, 1.54) is 0 Å². The summed E-state index contributed by atoms with van der Waals surface area (Å²) in [5.41, 5.74) is 1.35. The van der Waals surface area contributed by atoms with Crippen LogP contribution in [0.3, 0.4) is 0 Å². The Balaban J connectivity index is 2.18. The molecule has 0 bridgehead atoms. The number of benzene rings is 1. The highest BCUT2D eigenvalue weighted by Gasteiger charge is 2.45. The number of para-hydroxylation sites is 2. The second-order valence-electron chi connectivity index (χ2n) is 5.49. The summed E-state index contributed by atoms with van der Waals surface area (Å²) in [5.74, 6) is 0.886. The van der Waals surface area contributed by atoms with Crippen molar-refractivity contribution in [1.29, 1.82) is 0 Å². The molecule has 1 aromatic carbocycles. The summed E-state index contributed by atoms with van der Waals surface area (Å²) in [6.45, 7) is 5.97. The smallest absolute Gasteiger partial charge is 0.254 e. The summed E-state index contributed by atoms with van der Waals surface area (Å²) in [4.78, 5) is 14.3. The van der Waals surface area contributed by atoms with Gasteiger partial charge < -0.3 is 4.74 Å². The molecular formula is C15H17NO2. The first kappa shape index (κ1) is 11.3. The average Bonchev–Trinajstić information content (AvgIpc) is 2.32. The van der Waals surface area contributed by atoms with Crippen LogP contribution >= 0.6 is 0 Å². The van der Waals surface area contributed by atoms with Crippen molar-refractivity contribution in [1.82, 2.24) is 0 Å². The average molecular weight is 243 g/mol. The van der Waals surface area contributed by atoms with Crippen molar-refractivity contribution in [2.45, 2.75) is 38.8 Å². The maximum absolute atomic E-state index is 12.4. The van der Waals surface area contributed by atoms with E-state index in [9.17, 15) is 4.79 Å². The largest absolute Gasteiger partial charge is 0.483 e. The van der Waals surface area contributed by atoms with Crippen LogP contribution in [0, 0.1) is 0 Å². The highest BCUT2D eigenvalue weighted by Crippen LogP contribution is 2.43. The molecule has 0 spiro atoms. The van der Waals surface area contributed by atoms with Crippen molar-refractivity contribution in [2.24, 2.45) is 0 Å². The van der Waals surface area contributed by atoms with Crippen LogP contribution in [0.5, 0.6) is 5.75 Å². The third-order valence-corrected chi connectivity index (χ3v) is 3.82. The zero-order valence-electron chi connectivity index (χ0n) is 10.9. The molecule has 1 unspecified atom stereocenters. The van der Waals surface area contributed by atoms with Crippen molar-refractivity contribution >= 4 is 11.6 Å². The number of hydrogen-bond donors (Lipinski definition) is 0. The topological polar surface area (TPSA) is 29.5 Å². The van der Waals surface area contributed by atoms with Crippen molar-refractivity contribution < 1.29 is 9.53 Å². The summed E-state index contributed by atoms with van der Waals surface area (Å²) in [6, 6.07) is 7.83. The van der Waals surface area contributed by atoms with Crippen LogP contribution in [0.15, 0.2) is 35.9 Å². The normalized spacial score (nSPS) is 24.8. The molecule has 3 nitrogen and oxygen atoms in total. The molecule has 0 aromatic heterocycles. The van der Waals surface area contributed by atoms with Crippen LogP contribution in [0.25, 0.3) is 0 Å². The fraction of sp³-hybridized carbons (Fsp3) is 0.400. The number of carbonyl (C=O) groups is 1. The molecule has 0 aliphatic carbocycles. The lowest BCUT2D eigenvalue weighted by Crippen LogP contribution is -2.59. The molecular weight excluding hydrogens is 226 g/mol. The van der Waals surface area contributed by atoms with Crippen LogP contribution in [0.1, 0.15) is 27.2 Å².